The monoisotopic (exact) mass is 504 g/mol. The molecule has 0 saturated heterocycles. The first-order valence-corrected chi connectivity index (χ1v) is 10.1. The third-order valence-electron chi connectivity index (χ3n) is 4.40. The van der Waals surface area contributed by atoms with Crippen LogP contribution in [0.1, 0.15) is 36.8 Å². The van der Waals surface area contributed by atoms with Gasteiger partial charge in [0.2, 0.25) is 0 Å². The number of fused-ring (bicyclic) bond motifs is 1. The van der Waals surface area contributed by atoms with E-state index in [4.69, 9.17) is 23.2 Å². The Kier molecular flexibility index (Phi) is 5.55. The number of halogens is 3. The van der Waals surface area contributed by atoms with Gasteiger partial charge in [-0.05, 0) is 46.3 Å². The summed E-state index contributed by atoms with van der Waals surface area (Å²) >= 11 is 15.3. The van der Waals surface area contributed by atoms with E-state index < -0.39 is 17.7 Å². The second-order valence-electron chi connectivity index (χ2n) is 6.34. The van der Waals surface area contributed by atoms with Crippen molar-refractivity contribution < 1.29 is 14.4 Å². The molecule has 1 N–H and O–H groups in total. The van der Waals surface area contributed by atoms with Crippen molar-refractivity contribution in [3.8, 4) is 0 Å². The average Bonchev–Trinajstić information content (AvgIpc) is 2.95. The Morgan fingerprint density at radius 1 is 1.03 bits per heavy atom. The fraction of sp³-hybridized carbons (Fsp3) is 0.0500. The lowest BCUT2D eigenvalue weighted by molar-refractivity contribution is 0.0642. The van der Waals surface area contributed by atoms with E-state index in [9.17, 15) is 14.4 Å². The van der Waals surface area contributed by atoms with Gasteiger partial charge in [-0.2, -0.15) is 0 Å². The molecule has 0 fully saturated rings. The molecule has 7 nitrogen and oxygen atoms in total. The van der Waals surface area contributed by atoms with E-state index in [0.717, 1.165) is 4.90 Å². The molecule has 3 amide bonds. The molecule has 3 aromatic rings. The van der Waals surface area contributed by atoms with Crippen molar-refractivity contribution in [1.82, 2.24) is 14.9 Å². The number of anilines is 1. The number of imide groups is 1. The maximum atomic E-state index is 12.8. The first-order chi connectivity index (χ1) is 14.3. The Bertz CT molecular complexity index is 1160. The number of hydrogen-bond donors (Lipinski definition) is 1. The van der Waals surface area contributed by atoms with Crippen molar-refractivity contribution in [2.75, 3.05) is 5.32 Å². The number of hydrogen-bond acceptors (Lipinski definition) is 5. The second-order valence-corrected chi connectivity index (χ2v) is 8.07. The van der Waals surface area contributed by atoms with Gasteiger partial charge in [-0.1, -0.05) is 29.3 Å². The molecule has 1 aliphatic rings. The number of nitrogens with one attached hydrogen (secondary N) is 1. The van der Waals surface area contributed by atoms with Crippen molar-refractivity contribution >= 4 is 62.7 Å². The molecular formula is C20H11BrCl2N4O3. The van der Waals surface area contributed by atoms with Crippen molar-refractivity contribution in [3.05, 3.63) is 85.7 Å². The normalized spacial score (nSPS) is 12.8. The van der Waals surface area contributed by atoms with Gasteiger partial charge in [0.25, 0.3) is 17.7 Å². The lowest BCUT2D eigenvalue weighted by atomic mass is 10.1. The van der Waals surface area contributed by atoms with E-state index in [1.165, 1.54) is 24.5 Å². The summed E-state index contributed by atoms with van der Waals surface area (Å²) in [5, 5.41) is 3.04. The summed E-state index contributed by atoms with van der Waals surface area (Å²) < 4.78 is 0.621. The fourth-order valence-electron chi connectivity index (χ4n) is 2.98. The second kappa shape index (κ2) is 8.14. The van der Waals surface area contributed by atoms with Crippen LogP contribution in [0.25, 0.3) is 0 Å². The summed E-state index contributed by atoms with van der Waals surface area (Å²) in [5.74, 6) is -1.26. The summed E-state index contributed by atoms with van der Waals surface area (Å²) in [6.07, 6.45) is 3.00. The molecule has 1 aliphatic heterocycles. The number of rotatable bonds is 4. The SMILES string of the molecule is O=C(Nc1ncc(Br)cc1CN1C(=O)c2cc(Cl)c(Cl)cc2C1=O)c1ccccn1. The Labute approximate surface area is 189 Å². The highest BCUT2D eigenvalue weighted by molar-refractivity contribution is 9.10. The van der Waals surface area contributed by atoms with Gasteiger partial charge in [0.05, 0.1) is 27.7 Å². The van der Waals surface area contributed by atoms with Gasteiger partial charge in [-0.25, -0.2) is 4.98 Å². The lowest BCUT2D eigenvalue weighted by Gasteiger charge is -2.17. The Morgan fingerprint density at radius 3 is 2.30 bits per heavy atom. The predicted molar refractivity (Wildman–Crippen MR) is 115 cm³/mol. The Balaban J connectivity index is 1.64. The van der Waals surface area contributed by atoms with Crippen molar-refractivity contribution in [3.63, 3.8) is 0 Å². The van der Waals surface area contributed by atoms with Gasteiger partial charge >= 0.3 is 0 Å². The summed E-state index contributed by atoms with van der Waals surface area (Å²) in [5.41, 5.74) is 1.02. The summed E-state index contributed by atoms with van der Waals surface area (Å²) in [6, 6.07) is 9.37. The van der Waals surface area contributed by atoms with Gasteiger partial charge in [-0.15, -0.1) is 0 Å². The molecule has 0 bridgehead atoms. The highest BCUT2D eigenvalue weighted by Gasteiger charge is 2.37. The molecule has 3 heterocycles. The number of amides is 3. The number of nitrogens with zero attached hydrogens (tertiary/aromatic N) is 3. The van der Waals surface area contributed by atoms with Crippen LogP contribution in [0.5, 0.6) is 0 Å². The van der Waals surface area contributed by atoms with Crippen LogP contribution in [0.4, 0.5) is 5.82 Å². The van der Waals surface area contributed by atoms with Crippen LogP contribution in [0, 0.1) is 0 Å². The minimum atomic E-state index is -0.504. The Hall–Kier alpha value is -2.81. The van der Waals surface area contributed by atoms with E-state index in [1.807, 2.05) is 0 Å². The van der Waals surface area contributed by atoms with Crippen molar-refractivity contribution in [1.29, 1.82) is 0 Å². The average molecular weight is 506 g/mol. The van der Waals surface area contributed by atoms with Crippen molar-refractivity contribution in [2.45, 2.75) is 6.54 Å². The van der Waals surface area contributed by atoms with Crippen LogP contribution in [-0.4, -0.2) is 32.6 Å². The first-order valence-electron chi connectivity index (χ1n) is 8.57. The smallest absolute Gasteiger partial charge is 0.275 e. The molecule has 4 rings (SSSR count). The quantitative estimate of drug-likeness (QED) is 0.523. The van der Waals surface area contributed by atoms with Crippen LogP contribution in [0.2, 0.25) is 10.0 Å². The molecule has 150 valence electrons. The predicted octanol–water partition coefficient (Wildman–Crippen LogP) is 4.59. The van der Waals surface area contributed by atoms with Crippen LogP contribution in [-0.2, 0) is 6.54 Å². The van der Waals surface area contributed by atoms with E-state index in [-0.39, 0.29) is 39.2 Å². The topological polar surface area (TPSA) is 92.3 Å². The Morgan fingerprint density at radius 2 is 1.70 bits per heavy atom. The molecule has 0 spiro atoms. The highest BCUT2D eigenvalue weighted by Crippen LogP contribution is 2.33. The standard InChI is InChI=1S/C20H11BrCl2N4O3/c21-11-5-10(17(25-8-11)26-18(28)16-3-1-2-4-24-16)9-27-19(29)12-6-14(22)15(23)7-13(12)20(27)30/h1-8H,9H2,(H,25,26,28). The lowest BCUT2D eigenvalue weighted by Crippen LogP contribution is -2.30. The number of carbonyl (C=O) groups excluding carboxylic acids is 3. The largest absolute Gasteiger partial charge is 0.305 e. The van der Waals surface area contributed by atoms with Crippen LogP contribution >= 0.6 is 39.1 Å². The van der Waals surface area contributed by atoms with Crippen LogP contribution in [0.3, 0.4) is 0 Å². The van der Waals surface area contributed by atoms with E-state index >= 15 is 0 Å². The molecule has 0 aliphatic carbocycles. The number of carbonyl (C=O) groups is 3. The van der Waals surface area contributed by atoms with E-state index in [0.29, 0.717) is 10.0 Å². The summed E-state index contributed by atoms with van der Waals surface area (Å²) in [4.78, 5) is 47.3. The summed E-state index contributed by atoms with van der Waals surface area (Å²) in [7, 11) is 0. The van der Waals surface area contributed by atoms with Gasteiger partial charge in [0.1, 0.15) is 11.5 Å². The van der Waals surface area contributed by atoms with E-state index in [1.54, 1.807) is 24.3 Å². The van der Waals surface area contributed by atoms with Gasteiger partial charge in [0.15, 0.2) is 0 Å². The third kappa shape index (κ3) is 3.81. The maximum absolute atomic E-state index is 12.8. The zero-order valence-electron chi connectivity index (χ0n) is 15.0. The molecule has 30 heavy (non-hydrogen) atoms. The first kappa shape index (κ1) is 20.5. The number of benzene rings is 1. The summed E-state index contributed by atoms with van der Waals surface area (Å²) in [6.45, 7) is -0.105. The molecule has 10 heteroatoms. The zero-order chi connectivity index (χ0) is 21.4. The van der Waals surface area contributed by atoms with Gasteiger partial charge in [-0.3, -0.25) is 24.3 Å². The van der Waals surface area contributed by atoms with Gasteiger partial charge < -0.3 is 5.32 Å². The highest BCUT2D eigenvalue weighted by atomic mass is 79.9. The minimum absolute atomic E-state index is 0.105. The molecular weight excluding hydrogens is 495 g/mol. The minimum Gasteiger partial charge on any atom is -0.305 e. The molecule has 0 saturated carbocycles. The molecule has 1 aromatic carbocycles. The van der Waals surface area contributed by atoms with Crippen LogP contribution in [0.15, 0.2) is 53.3 Å². The molecule has 0 radical (unpaired) electrons. The molecule has 2 aromatic heterocycles. The van der Waals surface area contributed by atoms with Crippen molar-refractivity contribution in [2.24, 2.45) is 0 Å². The fourth-order valence-corrected chi connectivity index (χ4v) is 3.69. The maximum Gasteiger partial charge on any atom is 0.275 e. The van der Waals surface area contributed by atoms with Crippen LogP contribution < -0.4 is 5.32 Å². The van der Waals surface area contributed by atoms with E-state index in [2.05, 4.69) is 31.2 Å². The number of aromatic nitrogens is 2. The number of pyridine rings is 2. The zero-order valence-corrected chi connectivity index (χ0v) is 18.1. The molecule has 0 atom stereocenters. The third-order valence-corrected chi connectivity index (χ3v) is 5.56. The van der Waals surface area contributed by atoms with Gasteiger partial charge in [0, 0.05) is 22.4 Å². The molecule has 0 unspecified atom stereocenters.